The number of benzene rings is 1. The molecule has 0 unspecified atom stereocenters. The highest BCUT2D eigenvalue weighted by Crippen LogP contribution is 2.22. The number of imidazole rings is 1. The molecule has 4 nitrogen and oxygen atoms in total. The van der Waals surface area contributed by atoms with Crippen molar-refractivity contribution in [2.45, 2.75) is 19.4 Å². The lowest BCUT2D eigenvalue weighted by Gasteiger charge is -2.09. The van der Waals surface area contributed by atoms with Crippen molar-refractivity contribution in [1.29, 1.82) is 0 Å². The highest BCUT2D eigenvalue weighted by Gasteiger charge is 2.11. The third kappa shape index (κ3) is 2.99. The Morgan fingerprint density at radius 3 is 2.81 bits per heavy atom. The number of fused-ring (bicyclic) bond motifs is 1. The van der Waals surface area contributed by atoms with Crippen LogP contribution >= 0.6 is 27.5 Å². The summed E-state index contributed by atoms with van der Waals surface area (Å²) in [4.78, 5) is 4.71. The van der Waals surface area contributed by atoms with E-state index in [1.165, 1.54) is 5.69 Å². The molecule has 2 aromatic heterocycles. The average molecular weight is 368 g/mol. The zero-order valence-corrected chi connectivity index (χ0v) is 14.1. The van der Waals surface area contributed by atoms with Gasteiger partial charge in [-0.15, -0.1) is 11.6 Å². The summed E-state index contributed by atoms with van der Waals surface area (Å²) in [5.74, 6) is 1.62. The van der Waals surface area contributed by atoms with Crippen molar-refractivity contribution < 1.29 is 0 Å². The first kappa shape index (κ1) is 14.6. The second kappa shape index (κ2) is 6.20. The molecule has 110 valence electrons. The molecule has 0 amide bonds. The summed E-state index contributed by atoms with van der Waals surface area (Å²) in [6, 6.07) is 8.26. The maximum absolute atomic E-state index is 5.92. The molecule has 1 aromatic carbocycles. The summed E-state index contributed by atoms with van der Waals surface area (Å²) in [6.07, 6.45) is 3.53. The van der Waals surface area contributed by atoms with Crippen LogP contribution in [0.5, 0.6) is 0 Å². The number of alkyl halides is 1. The van der Waals surface area contributed by atoms with Crippen molar-refractivity contribution >= 4 is 38.6 Å². The molecule has 6 heteroatoms. The molecule has 3 rings (SSSR count). The maximum Gasteiger partial charge on any atom is 0.111 e. The molecule has 0 saturated carbocycles. The van der Waals surface area contributed by atoms with Crippen LogP contribution in [0.2, 0.25) is 0 Å². The summed E-state index contributed by atoms with van der Waals surface area (Å²) in [5.41, 5.74) is 3.38. The van der Waals surface area contributed by atoms with Crippen LogP contribution in [0.4, 0.5) is 0 Å². The van der Waals surface area contributed by atoms with Crippen LogP contribution in [-0.2, 0) is 26.4 Å². The lowest BCUT2D eigenvalue weighted by Crippen LogP contribution is -2.09. The fourth-order valence-corrected chi connectivity index (χ4v) is 3.07. The molecule has 0 spiro atoms. The number of aromatic nitrogens is 4. The van der Waals surface area contributed by atoms with Gasteiger partial charge in [0.25, 0.3) is 0 Å². The Morgan fingerprint density at radius 2 is 2.10 bits per heavy atom. The van der Waals surface area contributed by atoms with E-state index in [-0.39, 0.29) is 0 Å². The van der Waals surface area contributed by atoms with E-state index in [9.17, 15) is 0 Å². The monoisotopic (exact) mass is 366 g/mol. The maximum atomic E-state index is 5.92. The lowest BCUT2D eigenvalue weighted by molar-refractivity contribution is 0.628. The highest BCUT2D eigenvalue weighted by molar-refractivity contribution is 9.10. The quantitative estimate of drug-likeness (QED) is 0.646. The van der Waals surface area contributed by atoms with E-state index in [0.29, 0.717) is 5.88 Å². The second-order valence-corrected chi connectivity index (χ2v) is 6.24. The van der Waals surface area contributed by atoms with Crippen LogP contribution in [-0.4, -0.2) is 25.2 Å². The third-order valence-electron chi connectivity index (χ3n) is 3.62. The van der Waals surface area contributed by atoms with Gasteiger partial charge in [0.1, 0.15) is 5.82 Å². The number of hydrogen-bond acceptors (Lipinski definition) is 2. The minimum Gasteiger partial charge on any atom is -0.328 e. The Hall–Kier alpha value is -1.33. The first-order valence-corrected chi connectivity index (χ1v) is 8.19. The van der Waals surface area contributed by atoms with E-state index in [4.69, 9.17) is 16.6 Å². The van der Waals surface area contributed by atoms with Crippen molar-refractivity contribution in [1.82, 2.24) is 19.3 Å². The van der Waals surface area contributed by atoms with Gasteiger partial charge in [-0.25, -0.2) is 4.98 Å². The average Bonchev–Trinajstić information content (AvgIpc) is 3.00. The molecule has 21 heavy (non-hydrogen) atoms. The molecule has 0 fully saturated rings. The van der Waals surface area contributed by atoms with Gasteiger partial charge in [0.15, 0.2) is 0 Å². The molecule has 0 radical (unpaired) electrons. The predicted molar refractivity (Wildman–Crippen MR) is 88.8 cm³/mol. The largest absolute Gasteiger partial charge is 0.328 e. The predicted octanol–water partition coefficient (Wildman–Crippen LogP) is 3.56. The van der Waals surface area contributed by atoms with Crippen molar-refractivity contribution in [3.8, 4) is 0 Å². The highest BCUT2D eigenvalue weighted by atomic mass is 79.9. The summed E-state index contributed by atoms with van der Waals surface area (Å²) in [5, 5.41) is 4.21. The van der Waals surface area contributed by atoms with Crippen molar-refractivity contribution in [2.75, 3.05) is 5.88 Å². The van der Waals surface area contributed by atoms with Gasteiger partial charge >= 0.3 is 0 Å². The van der Waals surface area contributed by atoms with Crippen molar-refractivity contribution in [2.24, 2.45) is 7.05 Å². The molecular formula is C15H16BrClN4. The third-order valence-corrected chi connectivity index (χ3v) is 4.30. The second-order valence-electron chi connectivity index (χ2n) is 4.95. The van der Waals surface area contributed by atoms with Gasteiger partial charge in [0.2, 0.25) is 0 Å². The molecule has 0 aliphatic heterocycles. The minimum absolute atomic E-state index is 0.580. The first-order chi connectivity index (χ1) is 10.2. The number of rotatable bonds is 5. The van der Waals surface area contributed by atoms with E-state index >= 15 is 0 Å². The van der Waals surface area contributed by atoms with Gasteiger partial charge in [-0.3, -0.25) is 4.68 Å². The molecule has 0 aliphatic carbocycles. The number of aryl methyl sites for hydroxylation is 4. The van der Waals surface area contributed by atoms with E-state index in [1.807, 2.05) is 24.0 Å². The Morgan fingerprint density at radius 1 is 1.24 bits per heavy atom. The number of halogens is 2. The Bertz CT molecular complexity index is 762. The van der Waals surface area contributed by atoms with Crippen molar-refractivity contribution in [3.05, 3.63) is 46.5 Å². The van der Waals surface area contributed by atoms with Crippen molar-refractivity contribution in [3.63, 3.8) is 0 Å². The van der Waals surface area contributed by atoms with Crippen LogP contribution in [0.15, 0.2) is 34.9 Å². The van der Waals surface area contributed by atoms with E-state index in [2.05, 4.69) is 43.8 Å². The van der Waals surface area contributed by atoms with Gasteiger partial charge in [0, 0.05) is 48.7 Å². The lowest BCUT2D eigenvalue weighted by atomic mass is 10.2. The Kier molecular flexibility index (Phi) is 4.31. The van der Waals surface area contributed by atoms with E-state index in [0.717, 1.165) is 40.7 Å². The zero-order chi connectivity index (χ0) is 14.8. The normalized spacial score (nSPS) is 11.4. The van der Waals surface area contributed by atoms with Gasteiger partial charge in [0.05, 0.1) is 11.0 Å². The summed E-state index contributed by atoms with van der Waals surface area (Å²) >= 11 is 9.41. The smallest absolute Gasteiger partial charge is 0.111 e. The van der Waals surface area contributed by atoms with Gasteiger partial charge in [-0.2, -0.15) is 5.10 Å². The van der Waals surface area contributed by atoms with Gasteiger partial charge in [-0.1, -0.05) is 15.9 Å². The van der Waals surface area contributed by atoms with Crippen LogP contribution in [0.1, 0.15) is 11.5 Å². The first-order valence-electron chi connectivity index (χ1n) is 6.86. The molecule has 2 heterocycles. The van der Waals surface area contributed by atoms with Gasteiger partial charge < -0.3 is 4.57 Å². The van der Waals surface area contributed by atoms with Crippen LogP contribution < -0.4 is 0 Å². The summed E-state index contributed by atoms with van der Waals surface area (Å²) < 4.78 is 5.22. The number of hydrogen-bond donors (Lipinski definition) is 0. The minimum atomic E-state index is 0.580. The van der Waals surface area contributed by atoms with E-state index in [1.54, 1.807) is 0 Å². The fraction of sp³-hybridized carbons (Fsp3) is 0.333. The standard InChI is InChI=1S/C15H16BrClN4/c1-20-12(5-8-18-20)6-9-21-14-3-2-11(16)10-13(14)19-15(21)4-7-17/h2-3,5,8,10H,4,6-7,9H2,1H3. The van der Waals surface area contributed by atoms with E-state index < -0.39 is 0 Å². The molecule has 0 bridgehead atoms. The van der Waals surface area contributed by atoms with Crippen LogP contribution in [0.25, 0.3) is 11.0 Å². The zero-order valence-electron chi connectivity index (χ0n) is 11.8. The van der Waals surface area contributed by atoms with Crippen LogP contribution in [0.3, 0.4) is 0 Å². The SMILES string of the molecule is Cn1nccc1CCn1c(CCCl)nc2cc(Br)ccc21. The fourth-order valence-electron chi connectivity index (χ4n) is 2.55. The number of nitrogens with zero attached hydrogens (tertiary/aromatic N) is 4. The molecule has 0 N–H and O–H groups in total. The van der Waals surface area contributed by atoms with Gasteiger partial charge in [-0.05, 0) is 24.3 Å². The summed E-state index contributed by atoms with van der Waals surface area (Å²) in [6.45, 7) is 0.879. The molecule has 0 saturated heterocycles. The molecule has 3 aromatic rings. The molecule has 0 aliphatic rings. The topological polar surface area (TPSA) is 35.6 Å². The molecular weight excluding hydrogens is 352 g/mol. The Labute approximate surface area is 136 Å². The van der Waals surface area contributed by atoms with Crippen LogP contribution in [0, 0.1) is 0 Å². The summed E-state index contributed by atoms with van der Waals surface area (Å²) in [7, 11) is 1.97. The molecule has 0 atom stereocenters. The Balaban J connectivity index is 1.95.